The Morgan fingerprint density at radius 2 is 2.05 bits per heavy atom. The fourth-order valence-corrected chi connectivity index (χ4v) is 1.92. The molecule has 2 aromatic rings. The van der Waals surface area contributed by atoms with Gasteiger partial charge in [0.15, 0.2) is 0 Å². The van der Waals surface area contributed by atoms with E-state index in [1.807, 2.05) is 28.8 Å². The second-order valence-corrected chi connectivity index (χ2v) is 4.79. The minimum atomic E-state index is -1.02. The molecular formula is C14H16N2O3. The number of rotatable bonds is 4. The van der Waals surface area contributed by atoms with Gasteiger partial charge in [-0.2, -0.15) is 0 Å². The van der Waals surface area contributed by atoms with Crippen molar-refractivity contribution in [2.75, 3.05) is 0 Å². The molecule has 0 saturated carbocycles. The summed E-state index contributed by atoms with van der Waals surface area (Å²) in [4.78, 5) is 23.1. The van der Waals surface area contributed by atoms with Crippen molar-refractivity contribution in [3.05, 3.63) is 42.2 Å². The summed E-state index contributed by atoms with van der Waals surface area (Å²) >= 11 is 0. The van der Waals surface area contributed by atoms with Gasteiger partial charge >= 0.3 is 5.97 Å². The topological polar surface area (TPSA) is 70.8 Å². The third kappa shape index (κ3) is 2.76. The molecule has 100 valence electrons. The quantitative estimate of drug-likeness (QED) is 0.880. The zero-order valence-electron chi connectivity index (χ0n) is 10.8. The Hall–Kier alpha value is -2.30. The van der Waals surface area contributed by atoms with Crippen molar-refractivity contribution in [1.82, 2.24) is 9.72 Å². The smallest absolute Gasteiger partial charge is 0.326 e. The minimum Gasteiger partial charge on any atom is -0.480 e. The van der Waals surface area contributed by atoms with Crippen molar-refractivity contribution < 1.29 is 14.7 Å². The summed E-state index contributed by atoms with van der Waals surface area (Å²) in [5.74, 6) is -1.56. The maximum atomic E-state index is 12.0. The molecule has 5 nitrogen and oxygen atoms in total. The van der Waals surface area contributed by atoms with E-state index in [0.29, 0.717) is 5.56 Å². The van der Waals surface area contributed by atoms with Crippen LogP contribution in [0.15, 0.2) is 36.7 Å². The standard InChI is InChI=1S/C14H16N2O3/c1-9(2)12(14(18)19)15-13(17)10-7-11-5-3-4-6-16(11)8-10/h3-9,12H,1-2H3,(H,15,17)(H,18,19). The van der Waals surface area contributed by atoms with E-state index in [2.05, 4.69) is 5.32 Å². The molecule has 1 unspecified atom stereocenters. The summed E-state index contributed by atoms with van der Waals surface area (Å²) in [7, 11) is 0. The van der Waals surface area contributed by atoms with Gasteiger partial charge in [0.25, 0.3) is 5.91 Å². The van der Waals surface area contributed by atoms with Crippen LogP contribution in [-0.4, -0.2) is 27.4 Å². The number of carbonyl (C=O) groups is 2. The highest BCUT2D eigenvalue weighted by Gasteiger charge is 2.24. The number of pyridine rings is 1. The van der Waals surface area contributed by atoms with Crippen molar-refractivity contribution in [2.45, 2.75) is 19.9 Å². The fourth-order valence-electron chi connectivity index (χ4n) is 1.92. The average Bonchev–Trinajstić information content (AvgIpc) is 2.78. The van der Waals surface area contributed by atoms with Crippen LogP contribution >= 0.6 is 0 Å². The van der Waals surface area contributed by atoms with Crippen LogP contribution in [0, 0.1) is 5.92 Å². The molecule has 2 rings (SSSR count). The molecule has 2 N–H and O–H groups in total. The lowest BCUT2D eigenvalue weighted by Gasteiger charge is -2.17. The SMILES string of the molecule is CC(C)C(NC(=O)c1cc2ccccn2c1)C(=O)O. The molecule has 2 heterocycles. The first kappa shape index (κ1) is 13.1. The second kappa shape index (κ2) is 5.14. The van der Waals surface area contributed by atoms with E-state index < -0.39 is 12.0 Å². The number of aliphatic carboxylic acids is 1. The van der Waals surface area contributed by atoms with Crippen molar-refractivity contribution in [3.63, 3.8) is 0 Å². The van der Waals surface area contributed by atoms with Crippen molar-refractivity contribution in [2.24, 2.45) is 5.92 Å². The number of fused-ring (bicyclic) bond motifs is 1. The number of carboxylic acid groups (broad SMARTS) is 1. The van der Waals surface area contributed by atoms with Gasteiger partial charge in [-0.15, -0.1) is 0 Å². The summed E-state index contributed by atoms with van der Waals surface area (Å²) in [5.41, 5.74) is 1.35. The van der Waals surface area contributed by atoms with Gasteiger partial charge < -0.3 is 14.8 Å². The molecular weight excluding hydrogens is 244 g/mol. The molecule has 1 atom stereocenters. The Morgan fingerprint density at radius 3 is 2.63 bits per heavy atom. The van der Waals surface area contributed by atoms with Crippen LogP contribution < -0.4 is 5.32 Å². The maximum Gasteiger partial charge on any atom is 0.326 e. The first-order valence-corrected chi connectivity index (χ1v) is 6.09. The van der Waals surface area contributed by atoms with Crippen molar-refractivity contribution in [1.29, 1.82) is 0 Å². The van der Waals surface area contributed by atoms with Crippen LogP contribution in [-0.2, 0) is 4.79 Å². The molecule has 0 spiro atoms. The number of nitrogens with one attached hydrogen (secondary N) is 1. The number of carboxylic acids is 1. The van der Waals surface area contributed by atoms with Crippen LogP contribution in [0.25, 0.3) is 5.52 Å². The van der Waals surface area contributed by atoms with Gasteiger partial charge in [0, 0.05) is 17.9 Å². The van der Waals surface area contributed by atoms with Gasteiger partial charge in [-0.05, 0) is 24.1 Å². The van der Waals surface area contributed by atoms with E-state index >= 15 is 0 Å². The Labute approximate surface area is 110 Å². The molecule has 0 fully saturated rings. The number of nitrogens with zero attached hydrogens (tertiary/aromatic N) is 1. The Bertz CT molecular complexity index is 583. The highest BCUT2D eigenvalue weighted by molar-refractivity contribution is 5.97. The first-order chi connectivity index (χ1) is 8.99. The lowest BCUT2D eigenvalue weighted by molar-refractivity contribution is -0.140. The molecule has 1 amide bonds. The molecule has 0 aromatic carbocycles. The third-order valence-corrected chi connectivity index (χ3v) is 2.99. The van der Waals surface area contributed by atoms with E-state index in [1.165, 1.54) is 0 Å². The molecule has 0 bridgehead atoms. The molecule has 0 radical (unpaired) electrons. The molecule has 0 aliphatic carbocycles. The van der Waals surface area contributed by atoms with Gasteiger partial charge in [-0.3, -0.25) is 4.79 Å². The lowest BCUT2D eigenvalue weighted by Crippen LogP contribution is -2.44. The van der Waals surface area contributed by atoms with Gasteiger partial charge in [0.05, 0.1) is 5.56 Å². The van der Waals surface area contributed by atoms with E-state index in [1.54, 1.807) is 26.1 Å². The van der Waals surface area contributed by atoms with Crippen molar-refractivity contribution in [3.8, 4) is 0 Å². The number of aromatic nitrogens is 1. The number of carbonyl (C=O) groups excluding carboxylic acids is 1. The lowest BCUT2D eigenvalue weighted by atomic mass is 10.0. The Morgan fingerprint density at radius 1 is 1.32 bits per heavy atom. The van der Waals surface area contributed by atoms with E-state index in [9.17, 15) is 9.59 Å². The number of amides is 1. The van der Waals surface area contributed by atoms with E-state index in [4.69, 9.17) is 5.11 Å². The van der Waals surface area contributed by atoms with Crippen LogP contribution in [0.2, 0.25) is 0 Å². The zero-order chi connectivity index (χ0) is 14.0. The molecule has 19 heavy (non-hydrogen) atoms. The zero-order valence-corrected chi connectivity index (χ0v) is 10.8. The van der Waals surface area contributed by atoms with Gasteiger partial charge in [-0.1, -0.05) is 19.9 Å². The number of hydrogen-bond donors (Lipinski definition) is 2. The fraction of sp³-hybridized carbons (Fsp3) is 0.286. The molecule has 0 aliphatic heterocycles. The Balaban J connectivity index is 2.21. The maximum absolute atomic E-state index is 12.0. The highest BCUT2D eigenvalue weighted by Crippen LogP contribution is 2.11. The van der Waals surface area contributed by atoms with Gasteiger partial charge in [0.1, 0.15) is 6.04 Å². The first-order valence-electron chi connectivity index (χ1n) is 6.09. The van der Waals surface area contributed by atoms with Crippen LogP contribution in [0.1, 0.15) is 24.2 Å². The summed E-state index contributed by atoms with van der Waals surface area (Å²) in [6, 6.07) is 6.48. The summed E-state index contributed by atoms with van der Waals surface area (Å²) in [5, 5.41) is 11.6. The average molecular weight is 260 g/mol. The monoisotopic (exact) mass is 260 g/mol. The predicted molar refractivity (Wildman–Crippen MR) is 71.1 cm³/mol. The van der Waals surface area contributed by atoms with Crippen LogP contribution in [0.4, 0.5) is 0 Å². The largest absolute Gasteiger partial charge is 0.480 e. The summed E-state index contributed by atoms with van der Waals surface area (Å²) in [6.07, 6.45) is 3.52. The van der Waals surface area contributed by atoms with Gasteiger partial charge in [-0.25, -0.2) is 4.79 Å². The molecule has 2 aromatic heterocycles. The molecule has 0 saturated heterocycles. The third-order valence-electron chi connectivity index (χ3n) is 2.99. The Kier molecular flexibility index (Phi) is 3.55. The highest BCUT2D eigenvalue weighted by atomic mass is 16.4. The normalized spacial score (nSPS) is 12.6. The van der Waals surface area contributed by atoms with Crippen LogP contribution in [0.5, 0.6) is 0 Å². The minimum absolute atomic E-state index is 0.168. The predicted octanol–water partition coefficient (Wildman–Crippen LogP) is 1.78. The molecule has 5 heteroatoms. The van der Waals surface area contributed by atoms with E-state index in [0.717, 1.165) is 5.52 Å². The second-order valence-electron chi connectivity index (χ2n) is 4.79. The number of hydrogen-bond acceptors (Lipinski definition) is 2. The van der Waals surface area contributed by atoms with E-state index in [-0.39, 0.29) is 11.8 Å². The summed E-state index contributed by atoms with van der Waals surface area (Å²) < 4.78 is 1.82. The van der Waals surface area contributed by atoms with Crippen LogP contribution in [0.3, 0.4) is 0 Å². The molecule has 0 aliphatic rings. The van der Waals surface area contributed by atoms with Crippen molar-refractivity contribution >= 4 is 17.4 Å². The summed E-state index contributed by atoms with van der Waals surface area (Å²) in [6.45, 7) is 3.52. The van der Waals surface area contributed by atoms with Gasteiger partial charge in [0.2, 0.25) is 0 Å².